The molecular formula is C17H19N3O4. The average Bonchev–Trinajstić information content (AvgIpc) is 3.07. The van der Waals surface area contributed by atoms with Gasteiger partial charge in [0, 0.05) is 19.0 Å². The predicted molar refractivity (Wildman–Crippen MR) is 83.9 cm³/mol. The topological polar surface area (TPSA) is 77.7 Å². The summed E-state index contributed by atoms with van der Waals surface area (Å²) in [5.74, 6) is 2.83. The molecular weight excluding hydrogens is 310 g/mol. The first-order valence-corrected chi connectivity index (χ1v) is 8.18. The number of aryl methyl sites for hydroxylation is 1. The largest absolute Gasteiger partial charge is 0.485 e. The molecule has 1 aromatic carbocycles. The van der Waals surface area contributed by atoms with E-state index in [1.807, 2.05) is 36.1 Å². The zero-order valence-electron chi connectivity index (χ0n) is 13.5. The first-order chi connectivity index (χ1) is 11.7. The summed E-state index contributed by atoms with van der Waals surface area (Å²) in [6, 6.07) is 7.41. The molecule has 0 spiro atoms. The molecule has 0 radical (unpaired) electrons. The number of rotatable bonds is 2. The zero-order valence-corrected chi connectivity index (χ0v) is 13.5. The van der Waals surface area contributed by atoms with E-state index in [0.717, 1.165) is 12.8 Å². The number of hydrogen-bond acceptors (Lipinski definition) is 6. The molecule has 24 heavy (non-hydrogen) atoms. The van der Waals surface area contributed by atoms with Gasteiger partial charge in [-0.05, 0) is 31.9 Å². The summed E-state index contributed by atoms with van der Waals surface area (Å²) in [6.45, 7) is 3.38. The van der Waals surface area contributed by atoms with E-state index >= 15 is 0 Å². The van der Waals surface area contributed by atoms with Crippen LogP contribution >= 0.6 is 0 Å². The number of hydrogen-bond donors (Lipinski definition) is 0. The van der Waals surface area contributed by atoms with Gasteiger partial charge in [0.15, 0.2) is 17.3 Å². The van der Waals surface area contributed by atoms with E-state index in [1.54, 1.807) is 0 Å². The van der Waals surface area contributed by atoms with Crippen LogP contribution in [-0.4, -0.2) is 46.7 Å². The summed E-state index contributed by atoms with van der Waals surface area (Å²) < 4.78 is 16.7. The standard InChI is InChI=1S/C17H19N3O4/c1-11-18-16(24-19-11)12-6-8-20(9-7-12)17(21)15-10-22-13-4-2-3-5-14(13)23-15/h2-5,12,15H,6-10H2,1H3/t15-/m1/s1. The number of carbonyl (C=O) groups excluding carboxylic acids is 1. The number of piperidine rings is 1. The van der Waals surface area contributed by atoms with Crippen molar-refractivity contribution in [2.24, 2.45) is 0 Å². The average molecular weight is 329 g/mol. The Morgan fingerprint density at radius 1 is 1.21 bits per heavy atom. The lowest BCUT2D eigenvalue weighted by Gasteiger charge is -2.34. The molecule has 126 valence electrons. The summed E-state index contributed by atoms with van der Waals surface area (Å²) in [4.78, 5) is 18.8. The molecule has 2 aromatic rings. The minimum Gasteiger partial charge on any atom is -0.485 e. The SMILES string of the molecule is Cc1noc(C2CCN(C(=O)[C@H]3COc4ccccc4O3)CC2)n1. The summed E-state index contributed by atoms with van der Waals surface area (Å²) >= 11 is 0. The molecule has 0 aliphatic carbocycles. The van der Waals surface area contributed by atoms with Crippen LogP contribution in [0.3, 0.4) is 0 Å². The predicted octanol–water partition coefficient (Wildman–Crippen LogP) is 1.92. The Bertz CT molecular complexity index is 737. The fourth-order valence-electron chi connectivity index (χ4n) is 3.17. The number of ether oxygens (including phenoxy) is 2. The molecule has 1 amide bonds. The molecule has 7 nitrogen and oxygen atoms in total. The van der Waals surface area contributed by atoms with E-state index < -0.39 is 6.10 Å². The Labute approximate surface area is 139 Å². The number of fused-ring (bicyclic) bond motifs is 1. The lowest BCUT2D eigenvalue weighted by Crippen LogP contribution is -2.48. The molecule has 2 aliphatic rings. The molecule has 1 fully saturated rings. The monoisotopic (exact) mass is 329 g/mol. The number of amides is 1. The first-order valence-electron chi connectivity index (χ1n) is 8.18. The number of likely N-dealkylation sites (tertiary alicyclic amines) is 1. The number of aromatic nitrogens is 2. The lowest BCUT2D eigenvalue weighted by atomic mass is 9.96. The van der Waals surface area contributed by atoms with Crippen molar-refractivity contribution in [2.45, 2.75) is 31.8 Å². The van der Waals surface area contributed by atoms with Crippen LogP contribution < -0.4 is 9.47 Å². The summed E-state index contributed by atoms with van der Waals surface area (Å²) in [7, 11) is 0. The first kappa shape index (κ1) is 15.0. The van der Waals surface area contributed by atoms with Gasteiger partial charge in [-0.15, -0.1) is 0 Å². The summed E-state index contributed by atoms with van der Waals surface area (Å²) in [6.07, 6.45) is 1.05. The van der Waals surface area contributed by atoms with E-state index in [4.69, 9.17) is 14.0 Å². The number of carbonyl (C=O) groups is 1. The fraction of sp³-hybridized carbons (Fsp3) is 0.471. The van der Waals surface area contributed by atoms with Gasteiger partial charge in [-0.2, -0.15) is 4.98 Å². The van der Waals surface area contributed by atoms with Crippen molar-refractivity contribution in [3.05, 3.63) is 36.0 Å². The van der Waals surface area contributed by atoms with Crippen molar-refractivity contribution in [3.63, 3.8) is 0 Å². The molecule has 2 aliphatic heterocycles. The van der Waals surface area contributed by atoms with Crippen molar-refractivity contribution < 1.29 is 18.8 Å². The van der Waals surface area contributed by atoms with Crippen LogP contribution in [-0.2, 0) is 4.79 Å². The number of nitrogens with zero attached hydrogens (tertiary/aromatic N) is 3. The molecule has 3 heterocycles. The van der Waals surface area contributed by atoms with Crippen molar-refractivity contribution in [3.8, 4) is 11.5 Å². The van der Waals surface area contributed by atoms with Gasteiger partial charge in [-0.3, -0.25) is 4.79 Å². The molecule has 7 heteroatoms. The van der Waals surface area contributed by atoms with Crippen LogP contribution in [0.2, 0.25) is 0 Å². The molecule has 0 N–H and O–H groups in total. The molecule has 0 unspecified atom stereocenters. The highest BCUT2D eigenvalue weighted by atomic mass is 16.6. The Morgan fingerprint density at radius 3 is 2.67 bits per heavy atom. The van der Waals surface area contributed by atoms with E-state index in [0.29, 0.717) is 36.3 Å². The van der Waals surface area contributed by atoms with Crippen LogP contribution in [0.1, 0.15) is 30.5 Å². The molecule has 1 saturated heterocycles. The van der Waals surface area contributed by atoms with E-state index in [1.165, 1.54) is 0 Å². The normalized spacial score (nSPS) is 20.9. The van der Waals surface area contributed by atoms with Crippen molar-refractivity contribution in [1.82, 2.24) is 15.0 Å². The quantitative estimate of drug-likeness (QED) is 0.838. The Hall–Kier alpha value is -2.57. The molecule has 1 aromatic heterocycles. The van der Waals surface area contributed by atoms with Crippen molar-refractivity contribution >= 4 is 5.91 Å². The molecule has 0 saturated carbocycles. The third-order valence-electron chi connectivity index (χ3n) is 4.48. The molecule has 4 rings (SSSR count). The van der Waals surface area contributed by atoms with Crippen molar-refractivity contribution in [1.29, 1.82) is 0 Å². The van der Waals surface area contributed by atoms with Gasteiger partial charge in [0.25, 0.3) is 5.91 Å². The summed E-state index contributed by atoms with van der Waals surface area (Å²) in [5.41, 5.74) is 0. The maximum Gasteiger partial charge on any atom is 0.267 e. The van der Waals surface area contributed by atoms with Gasteiger partial charge < -0.3 is 18.9 Å². The van der Waals surface area contributed by atoms with Crippen LogP contribution in [0.15, 0.2) is 28.8 Å². The van der Waals surface area contributed by atoms with Gasteiger partial charge in [0.1, 0.15) is 6.61 Å². The fourth-order valence-corrected chi connectivity index (χ4v) is 3.17. The van der Waals surface area contributed by atoms with Crippen LogP contribution in [0.25, 0.3) is 0 Å². The third-order valence-corrected chi connectivity index (χ3v) is 4.48. The van der Waals surface area contributed by atoms with Crippen LogP contribution in [0.5, 0.6) is 11.5 Å². The lowest BCUT2D eigenvalue weighted by molar-refractivity contribution is -0.142. The second-order valence-electron chi connectivity index (χ2n) is 6.14. The van der Waals surface area contributed by atoms with Gasteiger partial charge in [-0.25, -0.2) is 0 Å². The van der Waals surface area contributed by atoms with Gasteiger partial charge >= 0.3 is 0 Å². The molecule has 1 atom stereocenters. The summed E-state index contributed by atoms with van der Waals surface area (Å²) in [5, 5.41) is 3.84. The third kappa shape index (κ3) is 2.81. The van der Waals surface area contributed by atoms with Gasteiger partial charge in [-0.1, -0.05) is 17.3 Å². The number of benzene rings is 1. The van der Waals surface area contributed by atoms with Gasteiger partial charge in [0.05, 0.1) is 0 Å². The van der Waals surface area contributed by atoms with Gasteiger partial charge in [0.2, 0.25) is 12.0 Å². The maximum absolute atomic E-state index is 12.7. The minimum absolute atomic E-state index is 0.0235. The van der Waals surface area contributed by atoms with Crippen LogP contribution in [0.4, 0.5) is 0 Å². The second kappa shape index (κ2) is 6.14. The number of para-hydroxylation sites is 2. The zero-order chi connectivity index (χ0) is 16.5. The second-order valence-corrected chi connectivity index (χ2v) is 6.14. The Kier molecular flexibility index (Phi) is 3.84. The van der Waals surface area contributed by atoms with Crippen molar-refractivity contribution in [2.75, 3.05) is 19.7 Å². The Morgan fingerprint density at radius 2 is 1.96 bits per heavy atom. The Balaban J connectivity index is 1.37. The highest BCUT2D eigenvalue weighted by Gasteiger charge is 2.34. The highest BCUT2D eigenvalue weighted by molar-refractivity contribution is 5.82. The smallest absolute Gasteiger partial charge is 0.267 e. The minimum atomic E-state index is -0.581. The molecule has 0 bridgehead atoms. The van der Waals surface area contributed by atoms with E-state index in [-0.39, 0.29) is 18.4 Å². The highest BCUT2D eigenvalue weighted by Crippen LogP contribution is 2.32. The van der Waals surface area contributed by atoms with E-state index in [2.05, 4.69) is 10.1 Å². The maximum atomic E-state index is 12.7. The van der Waals surface area contributed by atoms with Crippen LogP contribution in [0, 0.1) is 6.92 Å². The van der Waals surface area contributed by atoms with E-state index in [9.17, 15) is 4.79 Å².